The van der Waals surface area contributed by atoms with Crippen LogP contribution >= 0.6 is 11.6 Å². The van der Waals surface area contributed by atoms with E-state index in [0.29, 0.717) is 5.56 Å². The van der Waals surface area contributed by atoms with E-state index in [1.807, 2.05) is 0 Å². The summed E-state index contributed by atoms with van der Waals surface area (Å²) in [7, 11) is 0. The molecule has 0 fully saturated rings. The van der Waals surface area contributed by atoms with Crippen molar-refractivity contribution in [3.63, 3.8) is 0 Å². The number of hydrogen-bond donors (Lipinski definition) is 1. The lowest BCUT2D eigenvalue weighted by atomic mass is 10.1. The summed E-state index contributed by atoms with van der Waals surface area (Å²) < 4.78 is 0. The van der Waals surface area contributed by atoms with E-state index in [0.717, 1.165) is 5.57 Å². The SMILES string of the molecule is C/C(=C\c1ccc(Cl)c([N+](=O)[O-])c1)C(C)O. The highest BCUT2D eigenvalue weighted by atomic mass is 35.5. The Labute approximate surface area is 98.3 Å². The van der Waals surface area contributed by atoms with Gasteiger partial charge in [-0.15, -0.1) is 0 Å². The van der Waals surface area contributed by atoms with E-state index >= 15 is 0 Å². The highest BCUT2D eigenvalue weighted by Crippen LogP contribution is 2.26. The quantitative estimate of drug-likeness (QED) is 0.654. The van der Waals surface area contributed by atoms with Gasteiger partial charge in [-0.25, -0.2) is 0 Å². The van der Waals surface area contributed by atoms with E-state index in [9.17, 15) is 15.2 Å². The first-order valence-electron chi connectivity index (χ1n) is 4.72. The molecule has 0 radical (unpaired) electrons. The van der Waals surface area contributed by atoms with Crippen LogP contribution in [0.15, 0.2) is 23.8 Å². The molecular formula is C11H12ClNO3. The van der Waals surface area contributed by atoms with Crippen LogP contribution < -0.4 is 0 Å². The standard InChI is InChI=1S/C11H12ClNO3/c1-7(8(2)14)5-9-3-4-10(12)11(6-9)13(15)16/h3-6,8,14H,1-2H3/b7-5+. The Kier molecular flexibility index (Phi) is 4.04. The Morgan fingerprint density at radius 3 is 2.75 bits per heavy atom. The maximum Gasteiger partial charge on any atom is 0.288 e. The number of nitro groups is 1. The average molecular weight is 242 g/mol. The molecule has 1 rings (SSSR count). The third kappa shape index (κ3) is 3.05. The summed E-state index contributed by atoms with van der Waals surface area (Å²) in [5.41, 5.74) is 1.25. The molecule has 0 aliphatic carbocycles. The topological polar surface area (TPSA) is 63.4 Å². The zero-order valence-electron chi connectivity index (χ0n) is 8.98. The second kappa shape index (κ2) is 5.09. The van der Waals surface area contributed by atoms with Crippen molar-refractivity contribution < 1.29 is 10.0 Å². The molecule has 5 heteroatoms. The van der Waals surface area contributed by atoms with Crippen LogP contribution in [0.5, 0.6) is 0 Å². The number of aliphatic hydroxyl groups is 1. The summed E-state index contributed by atoms with van der Waals surface area (Å²) >= 11 is 5.68. The Morgan fingerprint density at radius 2 is 2.25 bits per heavy atom. The van der Waals surface area contributed by atoms with Gasteiger partial charge in [0.1, 0.15) is 5.02 Å². The van der Waals surface area contributed by atoms with Crippen LogP contribution in [0.25, 0.3) is 6.08 Å². The summed E-state index contributed by atoms with van der Waals surface area (Å²) in [5, 5.41) is 20.0. The van der Waals surface area contributed by atoms with Gasteiger partial charge in [0.25, 0.3) is 5.69 Å². The molecule has 0 aliphatic heterocycles. The van der Waals surface area contributed by atoms with Crippen LogP contribution in [-0.4, -0.2) is 16.1 Å². The average Bonchev–Trinajstić information content (AvgIpc) is 2.20. The van der Waals surface area contributed by atoms with Crippen LogP contribution in [0.2, 0.25) is 5.02 Å². The van der Waals surface area contributed by atoms with Crippen molar-refractivity contribution in [3.05, 3.63) is 44.5 Å². The smallest absolute Gasteiger partial charge is 0.288 e. The third-order valence-electron chi connectivity index (χ3n) is 2.22. The van der Waals surface area contributed by atoms with E-state index in [4.69, 9.17) is 11.6 Å². The first-order valence-corrected chi connectivity index (χ1v) is 5.10. The van der Waals surface area contributed by atoms with Gasteiger partial charge in [0.15, 0.2) is 0 Å². The fourth-order valence-corrected chi connectivity index (χ4v) is 1.33. The fraction of sp³-hybridized carbons (Fsp3) is 0.273. The summed E-state index contributed by atoms with van der Waals surface area (Å²) in [6, 6.07) is 4.52. The largest absolute Gasteiger partial charge is 0.389 e. The van der Waals surface area contributed by atoms with Crippen molar-refractivity contribution in [1.82, 2.24) is 0 Å². The summed E-state index contributed by atoms with van der Waals surface area (Å²) in [5.74, 6) is 0. The molecule has 0 aliphatic rings. The van der Waals surface area contributed by atoms with Gasteiger partial charge in [-0.3, -0.25) is 10.1 Å². The van der Waals surface area contributed by atoms with Gasteiger partial charge in [0, 0.05) is 6.07 Å². The van der Waals surface area contributed by atoms with Crippen molar-refractivity contribution in [1.29, 1.82) is 0 Å². The third-order valence-corrected chi connectivity index (χ3v) is 2.54. The maximum atomic E-state index is 10.6. The molecular weight excluding hydrogens is 230 g/mol. The second-order valence-corrected chi connectivity index (χ2v) is 3.94. The van der Waals surface area contributed by atoms with Gasteiger partial charge in [-0.05, 0) is 31.1 Å². The molecule has 1 unspecified atom stereocenters. The molecule has 1 N–H and O–H groups in total. The molecule has 0 amide bonds. The minimum absolute atomic E-state index is 0.108. The van der Waals surface area contributed by atoms with E-state index in [-0.39, 0.29) is 10.7 Å². The molecule has 0 aromatic heterocycles. The van der Waals surface area contributed by atoms with E-state index < -0.39 is 11.0 Å². The van der Waals surface area contributed by atoms with Gasteiger partial charge >= 0.3 is 0 Å². The molecule has 1 aromatic carbocycles. The minimum Gasteiger partial charge on any atom is -0.389 e. The normalized spacial score (nSPS) is 13.6. The van der Waals surface area contributed by atoms with Crippen LogP contribution in [0.3, 0.4) is 0 Å². The molecule has 0 saturated heterocycles. The van der Waals surface area contributed by atoms with Crippen molar-refractivity contribution in [2.45, 2.75) is 20.0 Å². The first-order chi connectivity index (χ1) is 7.41. The molecule has 0 saturated carbocycles. The van der Waals surface area contributed by atoms with E-state index in [2.05, 4.69) is 0 Å². The molecule has 4 nitrogen and oxygen atoms in total. The molecule has 86 valence electrons. The van der Waals surface area contributed by atoms with Crippen LogP contribution in [-0.2, 0) is 0 Å². The highest BCUT2D eigenvalue weighted by molar-refractivity contribution is 6.32. The van der Waals surface area contributed by atoms with Crippen molar-refractivity contribution in [2.75, 3.05) is 0 Å². The Bertz CT molecular complexity index is 441. The lowest BCUT2D eigenvalue weighted by Gasteiger charge is -2.04. The van der Waals surface area contributed by atoms with Crippen molar-refractivity contribution >= 4 is 23.4 Å². The lowest BCUT2D eigenvalue weighted by molar-refractivity contribution is -0.384. The van der Waals surface area contributed by atoms with Crippen molar-refractivity contribution in [2.24, 2.45) is 0 Å². The summed E-state index contributed by atoms with van der Waals surface area (Å²) in [6.07, 6.45) is 1.11. The number of aliphatic hydroxyl groups excluding tert-OH is 1. The fourth-order valence-electron chi connectivity index (χ4n) is 1.14. The Balaban J connectivity index is 3.13. The lowest BCUT2D eigenvalue weighted by Crippen LogP contribution is -2.00. The monoisotopic (exact) mass is 241 g/mol. The minimum atomic E-state index is -0.574. The van der Waals surface area contributed by atoms with E-state index in [1.54, 1.807) is 26.0 Å². The zero-order valence-corrected chi connectivity index (χ0v) is 9.73. The molecule has 1 atom stereocenters. The van der Waals surface area contributed by atoms with Gasteiger partial charge in [0.05, 0.1) is 11.0 Å². The van der Waals surface area contributed by atoms with Gasteiger partial charge in [-0.1, -0.05) is 23.7 Å². The molecule has 16 heavy (non-hydrogen) atoms. The number of nitrogens with zero attached hydrogens (tertiary/aromatic N) is 1. The summed E-state index contributed by atoms with van der Waals surface area (Å²) in [6.45, 7) is 3.39. The Hall–Kier alpha value is -1.39. The van der Waals surface area contributed by atoms with Gasteiger partial charge in [-0.2, -0.15) is 0 Å². The van der Waals surface area contributed by atoms with Crippen LogP contribution in [0.1, 0.15) is 19.4 Å². The van der Waals surface area contributed by atoms with Crippen LogP contribution in [0, 0.1) is 10.1 Å². The molecule has 0 bridgehead atoms. The molecule has 0 heterocycles. The van der Waals surface area contributed by atoms with Crippen molar-refractivity contribution in [3.8, 4) is 0 Å². The maximum absolute atomic E-state index is 10.6. The number of rotatable bonds is 3. The number of hydrogen-bond acceptors (Lipinski definition) is 3. The Morgan fingerprint density at radius 1 is 1.62 bits per heavy atom. The van der Waals surface area contributed by atoms with E-state index in [1.165, 1.54) is 12.1 Å². The van der Waals surface area contributed by atoms with Crippen LogP contribution in [0.4, 0.5) is 5.69 Å². The predicted molar refractivity (Wildman–Crippen MR) is 63.4 cm³/mol. The summed E-state index contributed by atoms with van der Waals surface area (Å²) in [4.78, 5) is 10.1. The first kappa shape index (κ1) is 12.7. The number of halogens is 1. The molecule has 1 aromatic rings. The number of benzene rings is 1. The number of nitro benzene ring substituents is 1. The predicted octanol–water partition coefficient (Wildman–Crippen LogP) is 3.03. The second-order valence-electron chi connectivity index (χ2n) is 3.53. The molecule has 0 spiro atoms. The zero-order chi connectivity index (χ0) is 12.3. The van der Waals surface area contributed by atoms with Gasteiger partial charge < -0.3 is 5.11 Å². The van der Waals surface area contributed by atoms with Gasteiger partial charge in [0.2, 0.25) is 0 Å². The highest BCUT2D eigenvalue weighted by Gasteiger charge is 2.12.